The van der Waals surface area contributed by atoms with Crippen molar-refractivity contribution < 1.29 is 19.1 Å². The molecule has 2 N–H and O–H groups in total. The largest absolute Gasteiger partial charge is 0.485 e. The van der Waals surface area contributed by atoms with Crippen molar-refractivity contribution in [2.24, 2.45) is 0 Å². The maximum Gasteiger partial charge on any atom is 0.269 e. The van der Waals surface area contributed by atoms with Crippen LogP contribution in [0.4, 0.5) is 5.69 Å². The standard InChI is InChI=1S/C20H22N2O4/c1-3-13(2)21-19(23)14-8-10-15(11-9-14)22-20(24)18-12-25-16-6-4-5-7-17(16)26-18/h4-11,13,18H,3,12H2,1-2H3,(H,21,23)(H,22,24)/t13-,18+/m1/s1. The minimum Gasteiger partial charge on any atom is -0.485 e. The van der Waals surface area contributed by atoms with Crippen molar-refractivity contribution in [2.75, 3.05) is 11.9 Å². The fourth-order valence-corrected chi connectivity index (χ4v) is 2.49. The van der Waals surface area contributed by atoms with Gasteiger partial charge in [0.15, 0.2) is 11.5 Å². The first kappa shape index (κ1) is 17.8. The monoisotopic (exact) mass is 354 g/mol. The van der Waals surface area contributed by atoms with E-state index >= 15 is 0 Å². The SMILES string of the molecule is CC[C@@H](C)NC(=O)c1ccc(NC(=O)[C@@H]2COc3ccccc3O2)cc1. The Kier molecular flexibility index (Phi) is 5.41. The van der Waals surface area contributed by atoms with Gasteiger partial charge >= 0.3 is 0 Å². The summed E-state index contributed by atoms with van der Waals surface area (Å²) in [5.41, 5.74) is 1.15. The summed E-state index contributed by atoms with van der Waals surface area (Å²) < 4.78 is 11.2. The summed E-state index contributed by atoms with van der Waals surface area (Å²) in [6, 6.07) is 14.1. The number of benzene rings is 2. The van der Waals surface area contributed by atoms with Crippen molar-refractivity contribution in [1.29, 1.82) is 0 Å². The molecule has 0 aromatic heterocycles. The molecule has 0 radical (unpaired) electrons. The molecule has 6 nitrogen and oxygen atoms in total. The van der Waals surface area contributed by atoms with Gasteiger partial charge in [-0.05, 0) is 49.7 Å². The predicted octanol–water partition coefficient (Wildman–Crippen LogP) is 2.99. The number of carbonyl (C=O) groups excluding carboxylic acids is 2. The third kappa shape index (κ3) is 4.14. The Morgan fingerprint density at radius 1 is 1.12 bits per heavy atom. The van der Waals surface area contributed by atoms with E-state index in [0.717, 1.165) is 6.42 Å². The Morgan fingerprint density at radius 3 is 2.50 bits per heavy atom. The zero-order valence-electron chi connectivity index (χ0n) is 14.8. The van der Waals surface area contributed by atoms with E-state index < -0.39 is 6.10 Å². The highest BCUT2D eigenvalue weighted by molar-refractivity contribution is 5.97. The van der Waals surface area contributed by atoms with Gasteiger partial charge in [0.2, 0.25) is 6.10 Å². The number of rotatable bonds is 5. The van der Waals surface area contributed by atoms with Crippen molar-refractivity contribution in [3.8, 4) is 11.5 Å². The number of hydrogen-bond acceptors (Lipinski definition) is 4. The fraction of sp³-hybridized carbons (Fsp3) is 0.300. The second kappa shape index (κ2) is 7.91. The van der Waals surface area contributed by atoms with E-state index in [1.54, 1.807) is 36.4 Å². The van der Waals surface area contributed by atoms with E-state index in [2.05, 4.69) is 10.6 Å². The Balaban J connectivity index is 1.59. The van der Waals surface area contributed by atoms with E-state index in [-0.39, 0.29) is 24.5 Å². The van der Waals surface area contributed by atoms with Crippen LogP contribution in [-0.2, 0) is 4.79 Å². The van der Waals surface area contributed by atoms with Gasteiger partial charge < -0.3 is 20.1 Å². The average molecular weight is 354 g/mol. The molecule has 2 amide bonds. The third-order valence-corrected chi connectivity index (χ3v) is 4.21. The second-order valence-corrected chi connectivity index (χ2v) is 6.21. The highest BCUT2D eigenvalue weighted by Gasteiger charge is 2.27. The zero-order chi connectivity index (χ0) is 18.5. The van der Waals surface area contributed by atoms with Crippen molar-refractivity contribution in [2.45, 2.75) is 32.4 Å². The second-order valence-electron chi connectivity index (χ2n) is 6.21. The minimum atomic E-state index is -0.724. The smallest absolute Gasteiger partial charge is 0.269 e. The Bertz CT molecular complexity index is 789. The van der Waals surface area contributed by atoms with E-state index in [0.29, 0.717) is 22.7 Å². The lowest BCUT2D eigenvalue weighted by molar-refractivity contribution is -0.125. The van der Waals surface area contributed by atoms with E-state index in [1.807, 2.05) is 26.0 Å². The fourth-order valence-electron chi connectivity index (χ4n) is 2.49. The van der Waals surface area contributed by atoms with Crippen LogP contribution in [0.5, 0.6) is 11.5 Å². The molecule has 0 aliphatic carbocycles. The molecule has 0 saturated carbocycles. The van der Waals surface area contributed by atoms with E-state index in [1.165, 1.54) is 0 Å². The molecule has 0 spiro atoms. The first-order valence-corrected chi connectivity index (χ1v) is 8.67. The van der Waals surface area contributed by atoms with Crippen LogP contribution in [-0.4, -0.2) is 30.6 Å². The number of para-hydroxylation sites is 2. The molecule has 2 aromatic rings. The van der Waals surface area contributed by atoms with Gasteiger partial charge in [-0.3, -0.25) is 9.59 Å². The lowest BCUT2D eigenvalue weighted by Gasteiger charge is -2.25. The Labute approximate surface area is 152 Å². The molecular formula is C20H22N2O4. The maximum atomic E-state index is 12.4. The Morgan fingerprint density at radius 2 is 1.81 bits per heavy atom. The number of nitrogens with one attached hydrogen (secondary N) is 2. The molecule has 1 heterocycles. The molecule has 0 fully saturated rings. The van der Waals surface area contributed by atoms with Crippen molar-refractivity contribution in [1.82, 2.24) is 5.32 Å². The maximum absolute atomic E-state index is 12.4. The topological polar surface area (TPSA) is 76.7 Å². The molecule has 1 aliphatic heterocycles. The summed E-state index contributed by atoms with van der Waals surface area (Å²) in [5.74, 6) is 0.762. The van der Waals surface area contributed by atoms with Crippen LogP contribution in [0.15, 0.2) is 48.5 Å². The van der Waals surface area contributed by atoms with Crippen molar-refractivity contribution in [3.05, 3.63) is 54.1 Å². The number of ether oxygens (including phenoxy) is 2. The summed E-state index contributed by atoms with van der Waals surface area (Å²) in [6.45, 7) is 4.12. The average Bonchev–Trinajstić information content (AvgIpc) is 2.67. The first-order valence-electron chi connectivity index (χ1n) is 8.67. The molecule has 3 rings (SSSR count). The van der Waals surface area contributed by atoms with Gasteiger partial charge in [0.1, 0.15) is 6.61 Å². The van der Waals surface area contributed by atoms with Crippen LogP contribution in [0.2, 0.25) is 0 Å². The van der Waals surface area contributed by atoms with Gasteiger partial charge in [0, 0.05) is 17.3 Å². The van der Waals surface area contributed by atoms with Crippen LogP contribution in [0.25, 0.3) is 0 Å². The van der Waals surface area contributed by atoms with E-state index in [4.69, 9.17) is 9.47 Å². The van der Waals surface area contributed by atoms with Gasteiger partial charge in [-0.15, -0.1) is 0 Å². The van der Waals surface area contributed by atoms with E-state index in [9.17, 15) is 9.59 Å². The number of carbonyl (C=O) groups is 2. The molecule has 26 heavy (non-hydrogen) atoms. The van der Waals surface area contributed by atoms with Crippen molar-refractivity contribution >= 4 is 17.5 Å². The highest BCUT2D eigenvalue weighted by Crippen LogP contribution is 2.31. The normalized spacial score (nSPS) is 16.5. The molecule has 2 aromatic carbocycles. The van der Waals surface area contributed by atoms with Crippen molar-refractivity contribution in [3.63, 3.8) is 0 Å². The number of amides is 2. The quantitative estimate of drug-likeness (QED) is 0.865. The molecule has 136 valence electrons. The summed E-state index contributed by atoms with van der Waals surface area (Å²) in [4.78, 5) is 24.5. The Hall–Kier alpha value is -3.02. The summed E-state index contributed by atoms with van der Waals surface area (Å²) in [6.07, 6.45) is 0.144. The van der Waals surface area contributed by atoms with Crippen LogP contribution in [0.1, 0.15) is 30.6 Å². The summed E-state index contributed by atoms with van der Waals surface area (Å²) in [7, 11) is 0. The summed E-state index contributed by atoms with van der Waals surface area (Å²) in [5, 5.41) is 5.69. The van der Waals surface area contributed by atoms with Crippen LogP contribution >= 0.6 is 0 Å². The number of hydrogen-bond donors (Lipinski definition) is 2. The predicted molar refractivity (Wildman–Crippen MR) is 98.6 cm³/mol. The zero-order valence-corrected chi connectivity index (χ0v) is 14.8. The van der Waals surface area contributed by atoms with Gasteiger partial charge in [0.05, 0.1) is 0 Å². The molecular weight excluding hydrogens is 332 g/mol. The lowest BCUT2D eigenvalue weighted by Crippen LogP contribution is -2.40. The highest BCUT2D eigenvalue weighted by atomic mass is 16.6. The molecule has 1 aliphatic rings. The summed E-state index contributed by atoms with van der Waals surface area (Å²) >= 11 is 0. The van der Waals surface area contributed by atoms with Gasteiger partial charge in [-0.2, -0.15) is 0 Å². The van der Waals surface area contributed by atoms with Gasteiger partial charge in [0.25, 0.3) is 11.8 Å². The lowest BCUT2D eigenvalue weighted by atomic mass is 10.1. The molecule has 0 unspecified atom stereocenters. The van der Waals surface area contributed by atoms with Crippen LogP contribution in [0.3, 0.4) is 0 Å². The number of fused-ring (bicyclic) bond motifs is 1. The van der Waals surface area contributed by atoms with Crippen LogP contribution < -0.4 is 20.1 Å². The molecule has 2 atom stereocenters. The van der Waals surface area contributed by atoms with Gasteiger partial charge in [-0.25, -0.2) is 0 Å². The molecule has 6 heteroatoms. The molecule has 0 saturated heterocycles. The first-order chi connectivity index (χ1) is 12.6. The molecule has 0 bridgehead atoms. The van der Waals surface area contributed by atoms with Crippen LogP contribution in [0, 0.1) is 0 Å². The number of anilines is 1. The third-order valence-electron chi connectivity index (χ3n) is 4.21. The minimum absolute atomic E-state index is 0.119. The van der Waals surface area contributed by atoms with Gasteiger partial charge in [-0.1, -0.05) is 19.1 Å².